The summed E-state index contributed by atoms with van der Waals surface area (Å²) in [5, 5.41) is 9.94. The Bertz CT molecular complexity index is 1020. The Kier molecular flexibility index (Phi) is 8.04. The van der Waals surface area contributed by atoms with E-state index >= 15 is 0 Å². The third-order valence-corrected chi connectivity index (χ3v) is 6.16. The van der Waals surface area contributed by atoms with Crippen LogP contribution in [0.4, 0.5) is 5.82 Å². The summed E-state index contributed by atoms with van der Waals surface area (Å²) < 4.78 is 0. The Morgan fingerprint density at radius 2 is 1.82 bits per heavy atom. The van der Waals surface area contributed by atoms with E-state index in [1.54, 1.807) is 12.4 Å². The predicted octanol–water partition coefficient (Wildman–Crippen LogP) is 4.71. The molecule has 0 saturated carbocycles. The van der Waals surface area contributed by atoms with Crippen LogP contribution in [0.1, 0.15) is 49.8 Å². The molecular formula is C27H33N5O. The van der Waals surface area contributed by atoms with Gasteiger partial charge in [-0.15, -0.1) is 0 Å². The van der Waals surface area contributed by atoms with Gasteiger partial charge in [-0.3, -0.25) is 9.78 Å². The van der Waals surface area contributed by atoms with Gasteiger partial charge in [0.1, 0.15) is 5.82 Å². The molecule has 33 heavy (non-hydrogen) atoms. The van der Waals surface area contributed by atoms with Crippen LogP contribution < -0.4 is 16.0 Å². The molecule has 1 aromatic heterocycles. The second kappa shape index (κ2) is 11.6. The number of rotatable bonds is 9. The summed E-state index contributed by atoms with van der Waals surface area (Å²) in [5.41, 5.74) is 4.16. The van der Waals surface area contributed by atoms with E-state index in [9.17, 15) is 4.79 Å². The molecule has 1 atom stereocenters. The lowest BCUT2D eigenvalue weighted by Crippen LogP contribution is -2.37. The first-order valence-electron chi connectivity index (χ1n) is 11.9. The molecule has 1 amide bonds. The number of amides is 1. The van der Waals surface area contributed by atoms with E-state index in [0.29, 0.717) is 6.54 Å². The number of piperidine rings is 1. The SMILES string of the molecule is CCCC(Nc1cncc(-c2ccc(CNC(=O)C3CCNCC3)cc2)n1)c1ccccc1. The van der Waals surface area contributed by atoms with Crippen molar-refractivity contribution in [1.29, 1.82) is 0 Å². The molecule has 3 aromatic rings. The summed E-state index contributed by atoms with van der Waals surface area (Å²) >= 11 is 0. The standard InChI is InChI=1S/C27H33N5O/c1-2-6-24(21-7-4-3-5-8-21)31-26-19-29-18-25(32-26)22-11-9-20(10-12-22)17-30-27(33)23-13-15-28-16-14-23/h3-5,7-12,18-19,23-24,28H,2,6,13-17H2,1H3,(H,30,33)(H,31,32). The number of nitrogens with one attached hydrogen (secondary N) is 3. The molecule has 6 nitrogen and oxygen atoms in total. The first-order chi connectivity index (χ1) is 16.2. The molecule has 6 heteroatoms. The van der Waals surface area contributed by atoms with Crippen molar-refractivity contribution in [2.24, 2.45) is 5.92 Å². The molecule has 4 rings (SSSR count). The van der Waals surface area contributed by atoms with Crippen molar-refractivity contribution in [2.45, 2.75) is 45.2 Å². The van der Waals surface area contributed by atoms with Crippen molar-refractivity contribution in [3.8, 4) is 11.3 Å². The van der Waals surface area contributed by atoms with E-state index in [1.165, 1.54) is 5.56 Å². The van der Waals surface area contributed by atoms with Crippen molar-refractivity contribution < 1.29 is 4.79 Å². The maximum absolute atomic E-state index is 12.4. The summed E-state index contributed by atoms with van der Waals surface area (Å²) in [6, 6.07) is 18.8. The zero-order valence-corrected chi connectivity index (χ0v) is 19.3. The Balaban J connectivity index is 1.39. The van der Waals surface area contributed by atoms with Crippen molar-refractivity contribution in [2.75, 3.05) is 18.4 Å². The van der Waals surface area contributed by atoms with E-state index in [4.69, 9.17) is 4.98 Å². The summed E-state index contributed by atoms with van der Waals surface area (Å²) in [4.78, 5) is 21.6. The Labute approximate surface area is 196 Å². The van der Waals surface area contributed by atoms with Crippen LogP contribution in [0.3, 0.4) is 0 Å². The van der Waals surface area contributed by atoms with Crippen molar-refractivity contribution in [3.05, 3.63) is 78.1 Å². The molecule has 3 N–H and O–H groups in total. The van der Waals surface area contributed by atoms with E-state index in [2.05, 4.69) is 52.1 Å². The molecule has 0 bridgehead atoms. The fourth-order valence-electron chi connectivity index (χ4n) is 4.26. The van der Waals surface area contributed by atoms with Gasteiger partial charge in [0.05, 0.1) is 24.1 Å². The molecule has 1 unspecified atom stereocenters. The predicted molar refractivity (Wildman–Crippen MR) is 133 cm³/mol. The van der Waals surface area contributed by atoms with Gasteiger partial charge in [-0.1, -0.05) is 67.9 Å². The van der Waals surface area contributed by atoms with Crippen LogP contribution in [0.5, 0.6) is 0 Å². The number of nitrogens with zero attached hydrogens (tertiary/aromatic N) is 2. The summed E-state index contributed by atoms with van der Waals surface area (Å²) in [7, 11) is 0. The zero-order valence-electron chi connectivity index (χ0n) is 19.3. The number of anilines is 1. The van der Waals surface area contributed by atoms with E-state index in [0.717, 1.165) is 61.4 Å². The molecule has 0 radical (unpaired) electrons. The van der Waals surface area contributed by atoms with Gasteiger partial charge in [0.15, 0.2) is 0 Å². The molecule has 172 valence electrons. The minimum Gasteiger partial charge on any atom is -0.362 e. The molecular weight excluding hydrogens is 410 g/mol. The summed E-state index contributed by atoms with van der Waals surface area (Å²) in [5.74, 6) is 1.06. The van der Waals surface area contributed by atoms with Crippen LogP contribution >= 0.6 is 0 Å². The molecule has 0 spiro atoms. The maximum Gasteiger partial charge on any atom is 0.223 e. The van der Waals surface area contributed by atoms with Crippen molar-refractivity contribution in [1.82, 2.24) is 20.6 Å². The lowest BCUT2D eigenvalue weighted by Gasteiger charge is -2.21. The van der Waals surface area contributed by atoms with Crippen LogP contribution in [0.2, 0.25) is 0 Å². The number of aromatic nitrogens is 2. The second-order valence-corrected chi connectivity index (χ2v) is 8.62. The Morgan fingerprint density at radius 1 is 1.06 bits per heavy atom. The number of hydrogen-bond donors (Lipinski definition) is 3. The largest absolute Gasteiger partial charge is 0.362 e. The monoisotopic (exact) mass is 443 g/mol. The van der Waals surface area contributed by atoms with Crippen molar-refractivity contribution >= 4 is 11.7 Å². The highest BCUT2D eigenvalue weighted by atomic mass is 16.1. The van der Waals surface area contributed by atoms with Gasteiger partial charge in [-0.2, -0.15) is 0 Å². The van der Waals surface area contributed by atoms with E-state index in [1.807, 2.05) is 30.3 Å². The van der Waals surface area contributed by atoms with Crippen LogP contribution in [-0.2, 0) is 11.3 Å². The summed E-state index contributed by atoms with van der Waals surface area (Å²) in [6.45, 7) is 4.58. The highest BCUT2D eigenvalue weighted by Crippen LogP contribution is 2.24. The third-order valence-electron chi connectivity index (χ3n) is 6.16. The van der Waals surface area contributed by atoms with Gasteiger partial charge in [0.2, 0.25) is 5.91 Å². The first-order valence-corrected chi connectivity index (χ1v) is 11.9. The molecule has 2 aromatic carbocycles. The number of carbonyl (C=O) groups is 1. The van der Waals surface area contributed by atoms with Gasteiger partial charge >= 0.3 is 0 Å². The molecule has 1 fully saturated rings. The van der Waals surface area contributed by atoms with Gasteiger partial charge in [0, 0.05) is 18.0 Å². The molecule has 1 aliphatic rings. The number of hydrogen-bond acceptors (Lipinski definition) is 5. The normalized spacial score (nSPS) is 15.1. The van der Waals surface area contributed by atoms with Crippen LogP contribution in [0, 0.1) is 5.92 Å². The van der Waals surface area contributed by atoms with Crippen LogP contribution in [0.15, 0.2) is 67.0 Å². The smallest absolute Gasteiger partial charge is 0.223 e. The average molecular weight is 444 g/mol. The van der Waals surface area contributed by atoms with Crippen LogP contribution in [-0.4, -0.2) is 29.0 Å². The first kappa shape index (κ1) is 22.9. The minimum atomic E-state index is 0.128. The highest BCUT2D eigenvalue weighted by Gasteiger charge is 2.20. The zero-order chi connectivity index (χ0) is 22.9. The third kappa shape index (κ3) is 6.39. The fraction of sp³-hybridized carbons (Fsp3) is 0.370. The second-order valence-electron chi connectivity index (χ2n) is 8.62. The molecule has 0 aliphatic carbocycles. The van der Waals surface area contributed by atoms with Gasteiger partial charge in [0.25, 0.3) is 0 Å². The van der Waals surface area contributed by atoms with E-state index in [-0.39, 0.29) is 17.9 Å². The van der Waals surface area contributed by atoms with E-state index < -0.39 is 0 Å². The molecule has 2 heterocycles. The van der Waals surface area contributed by atoms with Gasteiger partial charge < -0.3 is 16.0 Å². The lowest BCUT2D eigenvalue weighted by molar-refractivity contribution is -0.125. The highest BCUT2D eigenvalue weighted by molar-refractivity contribution is 5.78. The quantitative estimate of drug-likeness (QED) is 0.446. The molecule has 1 saturated heterocycles. The van der Waals surface area contributed by atoms with Crippen LogP contribution in [0.25, 0.3) is 11.3 Å². The fourth-order valence-corrected chi connectivity index (χ4v) is 4.26. The summed E-state index contributed by atoms with van der Waals surface area (Å²) in [6.07, 6.45) is 7.49. The van der Waals surface area contributed by atoms with Gasteiger partial charge in [-0.25, -0.2) is 4.98 Å². The molecule has 1 aliphatic heterocycles. The minimum absolute atomic E-state index is 0.128. The number of carbonyl (C=O) groups excluding carboxylic acids is 1. The Hall–Kier alpha value is -3.25. The lowest BCUT2D eigenvalue weighted by atomic mass is 9.97. The number of benzene rings is 2. The Morgan fingerprint density at radius 3 is 2.55 bits per heavy atom. The van der Waals surface area contributed by atoms with Gasteiger partial charge in [-0.05, 0) is 43.5 Å². The topological polar surface area (TPSA) is 78.9 Å². The average Bonchev–Trinajstić information content (AvgIpc) is 2.88. The van der Waals surface area contributed by atoms with Crippen molar-refractivity contribution in [3.63, 3.8) is 0 Å². The maximum atomic E-state index is 12.4.